The van der Waals surface area contributed by atoms with Gasteiger partial charge in [0.15, 0.2) is 0 Å². The van der Waals surface area contributed by atoms with Crippen molar-refractivity contribution in [3.63, 3.8) is 0 Å². The van der Waals surface area contributed by atoms with E-state index in [-0.39, 0.29) is 12.5 Å². The van der Waals surface area contributed by atoms with Gasteiger partial charge in [-0.05, 0) is 6.04 Å². The van der Waals surface area contributed by atoms with Gasteiger partial charge in [0.05, 0.1) is 6.54 Å². The van der Waals surface area contributed by atoms with Crippen molar-refractivity contribution in [2.24, 2.45) is 5.73 Å². The second kappa shape index (κ2) is 5.40. The molecule has 0 aromatic carbocycles. The van der Waals surface area contributed by atoms with Gasteiger partial charge in [-0.15, -0.1) is 0 Å². The Kier molecular flexibility index (Phi) is 5.18. The lowest BCUT2D eigenvalue weighted by atomic mass is 10.7. The molecule has 60 valence electrons. The molecule has 0 radical (unpaired) electrons. The van der Waals surface area contributed by atoms with E-state index >= 15 is 0 Å². The zero-order chi connectivity index (χ0) is 7.98. The van der Waals surface area contributed by atoms with E-state index in [4.69, 9.17) is 14.6 Å². The Morgan fingerprint density at radius 1 is 1.70 bits per heavy atom. The molecule has 0 aliphatic carbocycles. The Bertz CT molecular complexity index is 105. The largest absolute Gasteiger partial charge is 0.496 e. The van der Waals surface area contributed by atoms with Crippen LogP contribution < -0.4 is 5.73 Å². The molecule has 0 heterocycles. The van der Waals surface area contributed by atoms with Crippen molar-refractivity contribution in [2.45, 2.75) is 13.0 Å². The summed E-state index contributed by atoms with van der Waals surface area (Å²) >= 11 is 0. The highest BCUT2D eigenvalue weighted by molar-refractivity contribution is 6.46. The van der Waals surface area contributed by atoms with Gasteiger partial charge in [-0.3, -0.25) is 4.79 Å². The molecule has 0 spiro atoms. The van der Waals surface area contributed by atoms with Crippen LogP contribution in [0.1, 0.15) is 6.92 Å². The van der Waals surface area contributed by atoms with Gasteiger partial charge in [-0.2, -0.15) is 0 Å². The van der Waals surface area contributed by atoms with E-state index in [0.717, 1.165) is 6.04 Å². The second-order valence-electron chi connectivity index (χ2n) is 1.77. The molecular weight excluding hydrogens is 150 g/mol. The van der Waals surface area contributed by atoms with Gasteiger partial charge in [-0.25, -0.2) is 0 Å². The Morgan fingerprint density at radius 2 is 2.30 bits per heavy atom. The summed E-state index contributed by atoms with van der Waals surface area (Å²) in [5.74, 6) is -0.375. The normalized spacial score (nSPS) is 12.7. The molecule has 4 nitrogen and oxygen atoms in total. The highest BCUT2D eigenvalue weighted by Gasteiger charge is 2.12. The van der Waals surface area contributed by atoms with E-state index < -0.39 is 9.28 Å². The molecule has 1 atom stereocenters. The summed E-state index contributed by atoms with van der Waals surface area (Å²) in [6.07, 6.45) is 0. The number of nitrogens with two attached hydrogens (primary N) is 1. The molecule has 0 fully saturated rings. The summed E-state index contributed by atoms with van der Waals surface area (Å²) in [4.78, 5) is 10.5. The number of hydrogen-bond donors (Lipinski definition) is 1. The van der Waals surface area contributed by atoms with E-state index in [0.29, 0.717) is 0 Å². The highest BCUT2D eigenvalue weighted by atomic mass is 28.3. The Labute approximate surface area is 62.2 Å². The molecule has 5 heteroatoms. The highest BCUT2D eigenvalue weighted by Crippen LogP contribution is 1.93. The second-order valence-corrected chi connectivity index (χ2v) is 4.15. The van der Waals surface area contributed by atoms with Crippen molar-refractivity contribution in [2.75, 3.05) is 13.7 Å². The first kappa shape index (κ1) is 9.61. The average Bonchev–Trinajstić information content (AvgIpc) is 1.99. The lowest BCUT2D eigenvalue weighted by Crippen LogP contribution is -2.28. The molecule has 0 aromatic rings. The lowest BCUT2D eigenvalue weighted by molar-refractivity contribution is -0.134. The van der Waals surface area contributed by atoms with E-state index in [2.05, 4.69) is 0 Å². The van der Waals surface area contributed by atoms with Crippen LogP contribution >= 0.6 is 0 Å². The summed E-state index contributed by atoms with van der Waals surface area (Å²) < 4.78 is 9.76. The Hall–Kier alpha value is -0.393. The van der Waals surface area contributed by atoms with Gasteiger partial charge in [0.1, 0.15) is 0 Å². The van der Waals surface area contributed by atoms with Crippen molar-refractivity contribution in [3.05, 3.63) is 0 Å². The van der Waals surface area contributed by atoms with Crippen LogP contribution in [0, 0.1) is 0 Å². The predicted molar refractivity (Wildman–Crippen MR) is 39.8 cm³/mol. The maximum absolute atomic E-state index is 10.5. The van der Waals surface area contributed by atoms with Crippen molar-refractivity contribution in [1.29, 1.82) is 0 Å². The number of carbonyl (C=O) groups excluding carboxylic acids is 1. The summed E-state index contributed by atoms with van der Waals surface area (Å²) in [5.41, 5.74) is 5.02. The van der Waals surface area contributed by atoms with Crippen LogP contribution in [0.25, 0.3) is 0 Å². The summed E-state index contributed by atoms with van der Waals surface area (Å²) in [6, 6.07) is 0.780. The molecule has 0 aromatic heterocycles. The first-order chi connectivity index (χ1) is 4.74. The minimum atomic E-state index is -1.70. The monoisotopic (exact) mass is 163 g/mol. The van der Waals surface area contributed by atoms with Crippen molar-refractivity contribution in [3.8, 4) is 0 Å². The van der Waals surface area contributed by atoms with Crippen LogP contribution in [0.2, 0.25) is 6.04 Å². The summed E-state index contributed by atoms with van der Waals surface area (Å²) in [5, 5.41) is 0. The van der Waals surface area contributed by atoms with Crippen LogP contribution in [0.3, 0.4) is 0 Å². The van der Waals surface area contributed by atoms with Gasteiger partial charge in [0.2, 0.25) is 0 Å². The molecule has 0 saturated heterocycles. The van der Waals surface area contributed by atoms with Crippen LogP contribution in [0.4, 0.5) is 0 Å². The Morgan fingerprint density at radius 3 is 2.60 bits per heavy atom. The van der Waals surface area contributed by atoms with Crippen LogP contribution in [0.5, 0.6) is 0 Å². The number of hydrogen-bond acceptors (Lipinski definition) is 4. The molecular formula is C5H13NO3Si. The third kappa shape index (κ3) is 3.60. The first-order valence-electron chi connectivity index (χ1n) is 3.17. The molecule has 1 unspecified atom stereocenters. The molecule has 0 amide bonds. The standard InChI is InChI=1S/C5H13NO3Si/c1-3-10(8-2)9-5(7)4-6/h10H,3-4,6H2,1-2H3. The average molecular weight is 163 g/mol. The molecule has 0 bridgehead atoms. The van der Waals surface area contributed by atoms with Crippen molar-refractivity contribution >= 4 is 15.3 Å². The van der Waals surface area contributed by atoms with Crippen LogP contribution in [-0.4, -0.2) is 28.9 Å². The summed E-state index contributed by atoms with van der Waals surface area (Å²) in [7, 11) is -0.151. The predicted octanol–water partition coefficient (Wildman–Crippen LogP) is -0.625. The van der Waals surface area contributed by atoms with E-state index in [1.165, 1.54) is 0 Å². The maximum atomic E-state index is 10.5. The van der Waals surface area contributed by atoms with Crippen LogP contribution in [-0.2, 0) is 13.6 Å². The van der Waals surface area contributed by atoms with Crippen molar-refractivity contribution < 1.29 is 13.6 Å². The van der Waals surface area contributed by atoms with E-state index in [1.807, 2.05) is 6.92 Å². The van der Waals surface area contributed by atoms with Gasteiger partial charge in [-0.1, -0.05) is 6.92 Å². The lowest BCUT2D eigenvalue weighted by Gasteiger charge is -2.10. The number of carbonyl (C=O) groups is 1. The summed E-state index contributed by atoms with van der Waals surface area (Å²) in [6.45, 7) is 1.86. The molecule has 0 rings (SSSR count). The molecule has 0 saturated carbocycles. The molecule has 0 aliphatic heterocycles. The molecule has 0 aliphatic rings. The van der Waals surface area contributed by atoms with Gasteiger partial charge < -0.3 is 14.6 Å². The topological polar surface area (TPSA) is 61.5 Å². The number of rotatable bonds is 4. The molecule has 2 N–H and O–H groups in total. The minimum absolute atomic E-state index is 0.0626. The van der Waals surface area contributed by atoms with Gasteiger partial charge in [0.25, 0.3) is 0 Å². The maximum Gasteiger partial charge on any atom is 0.384 e. The van der Waals surface area contributed by atoms with Gasteiger partial charge >= 0.3 is 15.3 Å². The van der Waals surface area contributed by atoms with Crippen LogP contribution in [0.15, 0.2) is 0 Å². The van der Waals surface area contributed by atoms with E-state index in [1.54, 1.807) is 7.11 Å². The third-order valence-corrected chi connectivity index (χ3v) is 2.74. The quantitative estimate of drug-likeness (QED) is 0.561. The van der Waals surface area contributed by atoms with Gasteiger partial charge in [0, 0.05) is 7.11 Å². The SMILES string of the molecule is CC[SiH](OC)OC(=O)CN. The fourth-order valence-corrected chi connectivity index (χ4v) is 1.48. The fourth-order valence-electron chi connectivity index (χ4n) is 0.493. The molecule has 10 heavy (non-hydrogen) atoms. The fraction of sp³-hybridized carbons (Fsp3) is 0.800. The Balaban J connectivity index is 3.52. The zero-order valence-electron chi connectivity index (χ0n) is 6.29. The zero-order valence-corrected chi connectivity index (χ0v) is 7.45. The third-order valence-electron chi connectivity index (χ3n) is 1.03. The van der Waals surface area contributed by atoms with Crippen molar-refractivity contribution in [1.82, 2.24) is 0 Å². The van der Waals surface area contributed by atoms with E-state index in [9.17, 15) is 4.79 Å². The first-order valence-corrected chi connectivity index (χ1v) is 4.92. The minimum Gasteiger partial charge on any atom is -0.496 e. The smallest absolute Gasteiger partial charge is 0.384 e.